The summed E-state index contributed by atoms with van der Waals surface area (Å²) in [6.07, 6.45) is 0.0898. The lowest BCUT2D eigenvalue weighted by atomic mass is 9.54. The van der Waals surface area contributed by atoms with Gasteiger partial charge >= 0.3 is 0 Å². The van der Waals surface area contributed by atoms with Gasteiger partial charge in [-0.05, 0) is 39.9 Å². The van der Waals surface area contributed by atoms with Crippen LogP contribution in [0.5, 0.6) is 11.5 Å². The van der Waals surface area contributed by atoms with Crippen molar-refractivity contribution in [3.8, 4) is 11.5 Å². The van der Waals surface area contributed by atoms with Crippen LogP contribution in [-0.4, -0.2) is 42.9 Å². The number of benzene rings is 4. The molecule has 0 spiro atoms. The van der Waals surface area contributed by atoms with Crippen LogP contribution >= 0.6 is 23.2 Å². The van der Waals surface area contributed by atoms with Crippen molar-refractivity contribution in [1.29, 1.82) is 0 Å². The second-order valence-electron chi connectivity index (χ2n) is 11.3. The third-order valence-electron chi connectivity index (χ3n) is 9.17. The highest BCUT2D eigenvalue weighted by atomic mass is 35.5. The highest BCUT2D eigenvalue weighted by Gasteiger charge is 2.73. The highest BCUT2D eigenvalue weighted by molar-refractivity contribution is 6.36. The second-order valence-corrected chi connectivity index (χ2v) is 12.5. The molecule has 4 aromatic rings. The number of rotatable bonds is 7. The number of halogens is 2. The van der Waals surface area contributed by atoms with Crippen molar-refractivity contribution in [1.82, 2.24) is 4.90 Å². The third-order valence-corrected chi connectivity index (χ3v) is 10.5. The number of nitrogens with zero attached hydrogens (tertiary/aromatic N) is 1. The smallest absolute Gasteiger partial charge is 0.248 e. The maximum absolute atomic E-state index is 14.6. The molecule has 4 aromatic carbocycles. The van der Waals surface area contributed by atoms with Crippen molar-refractivity contribution in [2.24, 2.45) is 11.8 Å². The standard InChI is InChI=1S/C35H28Cl2N2O5/c1-43-21-16-17-26(28(19-21)44-2)38-31(40)27(18-20-10-4-3-5-11-20)39-32(41)29-30(33(39)42)35(37)23-13-7-6-12-22(23)34(29,36)24-14-8-9-15-25(24)35/h3-17,19,27,29-30H,18H2,1-2H3,(H,38,40)/t27-,29-,30-,34?,35?/m0/s1. The fourth-order valence-corrected chi connectivity index (χ4v) is 8.35. The normalized spacial score (nSPS) is 25.1. The molecule has 1 saturated heterocycles. The van der Waals surface area contributed by atoms with Crippen LogP contribution in [0, 0.1) is 11.8 Å². The highest BCUT2D eigenvalue weighted by Crippen LogP contribution is 2.69. The van der Waals surface area contributed by atoms with E-state index >= 15 is 0 Å². The molecule has 1 fully saturated rings. The van der Waals surface area contributed by atoms with Crippen molar-refractivity contribution in [3.63, 3.8) is 0 Å². The zero-order valence-corrected chi connectivity index (χ0v) is 25.4. The van der Waals surface area contributed by atoms with E-state index in [1.54, 1.807) is 18.2 Å². The number of hydrogen-bond donors (Lipinski definition) is 1. The van der Waals surface area contributed by atoms with E-state index in [4.69, 9.17) is 32.7 Å². The van der Waals surface area contributed by atoms with E-state index in [1.165, 1.54) is 14.2 Å². The molecule has 3 amide bonds. The van der Waals surface area contributed by atoms with Gasteiger partial charge in [-0.1, -0.05) is 78.9 Å². The second kappa shape index (κ2) is 10.4. The summed E-state index contributed by atoms with van der Waals surface area (Å²) in [5.41, 5.74) is 3.95. The van der Waals surface area contributed by atoms with Gasteiger partial charge in [0.15, 0.2) is 0 Å². The minimum atomic E-state index is -1.34. The summed E-state index contributed by atoms with van der Waals surface area (Å²) in [7, 11) is 3.01. The van der Waals surface area contributed by atoms with E-state index in [-0.39, 0.29) is 6.42 Å². The van der Waals surface area contributed by atoms with Gasteiger partial charge in [-0.25, -0.2) is 0 Å². The zero-order chi connectivity index (χ0) is 30.8. The van der Waals surface area contributed by atoms with E-state index in [0.29, 0.717) is 39.4 Å². The first kappa shape index (κ1) is 28.4. The molecule has 7 nitrogen and oxygen atoms in total. The number of carbonyl (C=O) groups excluding carboxylic acids is 3. The largest absolute Gasteiger partial charge is 0.497 e. The van der Waals surface area contributed by atoms with Crippen LogP contribution in [0.1, 0.15) is 27.8 Å². The molecular formula is C35H28Cl2N2O5. The molecule has 1 aliphatic heterocycles. The minimum Gasteiger partial charge on any atom is -0.497 e. The van der Waals surface area contributed by atoms with E-state index in [1.807, 2.05) is 78.9 Å². The average molecular weight is 628 g/mol. The predicted octanol–water partition coefficient (Wildman–Crippen LogP) is 5.85. The van der Waals surface area contributed by atoms with Crippen molar-refractivity contribution in [3.05, 3.63) is 125 Å². The number of hydrogen-bond acceptors (Lipinski definition) is 5. The van der Waals surface area contributed by atoms with Crippen LogP contribution in [0.4, 0.5) is 5.69 Å². The van der Waals surface area contributed by atoms with E-state index in [0.717, 1.165) is 10.5 Å². The Labute approximate surface area is 264 Å². The van der Waals surface area contributed by atoms with Crippen molar-refractivity contribution < 1.29 is 23.9 Å². The molecule has 9 heteroatoms. The predicted molar refractivity (Wildman–Crippen MR) is 167 cm³/mol. The van der Waals surface area contributed by atoms with Gasteiger partial charge in [0.1, 0.15) is 27.3 Å². The maximum atomic E-state index is 14.6. The third kappa shape index (κ3) is 3.85. The number of nitrogens with one attached hydrogen (secondary N) is 1. The lowest BCUT2D eigenvalue weighted by molar-refractivity contribution is -0.146. The van der Waals surface area contributed by atoms with Crippen LogP contribution in [0.15, 0.2) is 97.1 Å². The number of anilines is 1. The first-order valence-electron chi connectivity index (χ1n) is 14.3. The Hall–Kier alpha value is -4.33. The number of carbonyl (C=O) groups is 3. The van der Waals surface area contributed by atoms with Crippen molar-refractivity contribution >= 4 is 46.6 Å². The van der Waals surface area contributed by atoms with Gasteiger partial charge in [-0.15, -0.1) is 23.2 Å². The summed E-state index contributed by atoms with van der Waals surface area (Å²) < 4.78 is 10.8. The molecule has 3 aliphatic carbocycles. The molecule has 3 atom stereocenters. The molecule has 4 aliphatic rings. The Morgan fingerprint density at radius 1 is 0.773 bits per heavy atom. The topological polar surface area (TPSA) is 84.9 Å². The fourth-order valence-electron chi connectivity index (χ4n) is 7.25. The van der Waals surface area contributed by atoms with E-state index in [2.05, 4.69) is 5.32 Å². The first-order chi connectivity index (χ1) is 21.2. The van der Waals surface area contributed by atoms with Gasteiger partial charge in [-0.2, -0.15) is 0 Å². The average Bonchev–Trinajstić information content (AvgIpc) is 3.33. The first-order valence-corrected chi connectivity index (χ1v) is 15.0. The Bertz CT molecular complexity index is 1710. The Balaban J connectivity index is 1.35. The summed E-state index contributed by atoms with van der Waals surface area (Å²) in [4.78, 5) is 41.9. The maximum Gasteiger partial charge on any atom is 0.248 e. The fraction of sp³-hybridized carbons (Fsp3) is 0.229. The molecule has 0 saturated carbocycles. The van der Waals surface area contributed by atoms with Crippen LogP contribution in [0.3, 0.4) is 0 Å². The van der Waals surface area contributed by atoms with Crippen LogP contribution in [-0.2, 0) is 30.6 Å². The molecule has 1 N–H and O–H groups in total. The number of amides is 3. The van der Waals surface area contributed by atoms with Crippen molar-refractivity contribution in [2.75, 3.05) is 19.5 Å². The van der Waals surface area contributed by atoms with Gasteiger partial charge in [-0.3, -0.25) is 19.3 Å². The molecule has 8 rings (SSSR count). The number of likely N-dealkylation sites (tertiary alicyclic amines) is 1. The summed E-state index contributed by atoms with van der Waals surface area (Å²) >= 11 is 15.2. The quantitative estimate of drug-likeness (QED) is 0.206. The van der Waals surface area contributed by atoms with Crippen LogP contribution in [0.25, 0.3) is 0 Å². The molecule has 2 bridgehead atoms. The monoisotopic (exact) mass is 626 g/mol. The van der Waals surface area contributed by atoms with Gasteiger partial charge in [0, 0.05) is 12.5 Å². The molecular weight excluding hydrogens is 599 g/mol. The molecule has 0 aromatic heterocycles. The van der Waals surface area contributed by atoms with Crippen molar-refractivity contribution in [2.45, 2.75) is 22.2 Å². The van der Waals surface area contributed by atoms with Gasteiger partial charge < -0.3 is 14.8 Å². The summed E-state index contributed by atoms with van der Waals surface area (Å²) in [5.74, 6) is -2.71. The number of methoxy groups -OCH3 is 2. The zero-order valence-electron chi connectivity index (χ0n) is 23.9. The lowest BCUT2D eigenvalue weighted by Gasteiger charge is -2.54. The summed E-state index contributed by atoms with van der Waals surface area (Å²) in [6, 6.07) is 28.0. The molecule has 44 heavy (non-hydrogen) atoms. The van der Waals surface area contributed by atoms with Gasteiger partial charge in [0.2, 0.25) is 17.7 Å². The van der Waals surface area contributed by atoms with E-state index < -0.39 is 45.3 Å². The SMILES string of the molecule is COc1ccc(NC(=O)[C@H](Cc2ccccc2)N2C(=O)[C@@H]3[C@@H](C2=O)C2(Cl)c4ccccc4C3(Cl)c3ccccc32)c(OC)c1. The Morgan fingerprint density at radius 2 is 1.27 bits per heavy atom. The number of alkyl halides is 2. The van der Waals surface area contributed by atoms with Gasteiger partial charge in [0.25, 0.3) is 0 Å². The molecule has 0 unspecified atom stereocenters. The molecule has 0 radical (unpaired) electrons. The van der Waals surface area contributed by atoms with Crippen LogP contribution in [0.2, 0.25) is 0 Å². The minimum absolute atomic E-state index is 0.0898. The molecule has 222 valence electrons. The lowest BCUT2D eigenvalue weighted by Crippen LogP contribution is -2.57. The Kier molecular flexibility index (Phi) is 6.72. The van der Waals surface area contributed by atoms with Gasteiger partial charge in [0.05, 0.1) is 31.7 Å². The van der Waals surface area contributed by atoms with E-state index in [9.17, 15) is 14.4 Å². The molecule has 1 heterocycles. The summed E-state index contributed by atoms with van der Waals surface area (Å²) in [6.45, 7) is 0. The Morgan fingerprint density at radius 3 is 1.75 bits per heavy atom. The number of ether oxygens (including phenoxy) is 2. The van der Waals surface area contributed by atoms with Crippen LogP contribution < -0.4 is 14.8 Å². The number of imide groups is 1. The summed E-state index contributed by atoms with van der Waals surface area (Å²) in [5, 5.41) is 2.89.